The lowest BCUT2D eigenvalue weighted by atomic mass is 10.00. The summed E-state index contributed by atoms with van der Waals surface area (Å²) < 4.78 is 15.5. The zero-order chi connectivity index (χ0) is 26.8. The van der Waals surface area contributed by atoms with Gasteiger partial charge in [0.25, 0.3) is 11.8 Å². The van der Waals surface area contributed by atoms with Crippen molar-refractivity contribution in [3.05, 3.63) is 118 Å². The molecule has 5 nitrogen and oxygen atoms in total. The normalized spacial score (nSPS) is 13.6. The number of rotatable bonds is 5. The summed E-state index contributed by atoms with van der Waals surface area (Å²) in [5.41, 5.74) is 7.37. The number of hydrogen-bond donors (Lipinski definition) is 0. The molecular formula is C32H32FN3O2. The van der Waals surface area contributed by atoms with Crippen molar-refractivity contribution in [3.63, 3.8) is 0 Å². The number of amides is 2. The van der Waals surface area contributed by atoms with Gasteiger partial charge in [-0.05, 0) is 61.7 Å². The van der Waals surface area contributed by atoms with Gasteiger partial charge in [-0.2, -0.15) is 0 Å². The van der Waals surface area contributed by atoms with Crippen LogP contribution in [-0.4, -0.2) is 52.4 Å². The number of benzene rings is 3. The Balaban J connectivity index is 1.42. The molecule has 0 saturated carbocycles. The van der Waals surface area contributed by atoms with Crippen LogP contribution in [0.4, 0.5) is 4.39 Å². The van der Waals surface area contributed by atoms with Crippen LogP contribution in [0, 0.1) is 26.6 Å². The second kappa shape index (κ2) is 10.7. The molecule has 1 fully saturated rings. The number of piperazine rings is 1. The molecular weight excluding hydrogens is 477 g/mol. The van der Waals surface area contributed by atoms with E-state index in [0.29, 0.717) is 44.0 Å². The van der Waals surface area contributed by atoms with Gasteiger partial charge in [0.05, 0.1) is 0 Å². The molecule has 3 aromatic carbocycles. The largest absolute Gasteiger partial charge is 0.338 e. The van der Waals surface area contributed by atoms with Gasteiger partial charge in [0.1, 0.15) is 11.5 Å². The summed E-state index contributed by atoms with van der Waals surface area (Å²) in [6.45, 7) is 8.41. The van der Waals surface area contributed by atoms with Gasteiger partial charge in [0.15, 0.2) is 0 Å². The Morgan fingerprint density at radius 3 is 1.82 bits per heavy atom. The van der Waals surface area contributed by atoms with Crippen LogP contribution in [0.5, 0.6) is 0 Å². The monoisotopic (exact) mass is 509 g/mol. The lowest BCUT2D eigenvalue weighted by Gasteiger charge is -2.35. The van der Waals surface area contributed by atoms with Gasteiger partial charge in [-0.1, -0.05) is 59.7 Å². The SMILES string of the molecule is Cc1ccc(C(=O)N2CCN(C(=O)c3c(-c4ccc(C)cc4)c(C)cn3Cc3ccc(F)cc3)CC2)cc1. The number of halogens is 1. The van der Waals surface area contributed by atoms with E-state index in [2.05, 4.69) is 24.3 Å². The Hall–Kier alpha value is -4.19. The van der Waals surface area contributed by atoms with Crippen LogP contribution in [0.3, 0.4) is 0 Å². The molecule has 2 amide bonds. The lowest BCUT2D eigenvalue weighted by molar-refractivity contribution is 0.0530. The fourth-order valence-corrected chi connectivity index (χ4v) is 5.06. The first kappa shape index (κ1) is 25.5. The first-order chi connectivity index (χ1) is 18.3. The van der Waals surface area contributed by atoms with Crippen LogP contribution in [-0.2, 0) is 6.54 Å². The minimum absolute atomic E-state index is 0.00651. The first-order valence-electron chi connectivity index (χ1n) is 13.0. The van der Waals surface area contributed by atoms with Gasteiger partial charge in [-0.15, -0.1) is 0 Å². The molecule has 0 spiro atoms. The molecule has 5 rings (SSSR count). The minimum Gasteiger partial charge on any atom is -0.338 e. The number of carbonyl (C=O) groups excluding carboxylic acids is 2. The van der Waals surface area contributed by atoms with Crippen LogP contribution < -0.4 is 0 Å². The summed E-state index contributed by atoms with van der Waals surface area (Å²) in [5.74, 6) is -0.349. The topological polar surface area (TPSA) is 45.6 Å². The molecule has 0 aliphatic carbocycles. The second-order valence-corrected chi connectivity index (χ2v) is 10.1. The lowest BCUT2D eigenvalue weighted by Crippen LogP contribution is -2.51. The number of hydrogen-bond acceptors (Lipinski definition) is 2. The zero-order valence-corrected chi connectivity index (χ0v) is 22.1. The van der Waals surface area contributed by atoms with Gasteiger partial charge < -0.3 is 14.4 Å². The standard InChI is InChI=1S/C32H32FN3O2/c1-22-4-10-26(11-5-22)29-24(3)20-36(21-25-8-14-28(33)15-9-25)30(29)32(38)35-18-16-34(17-19-35)31(37)27-12-6-23(2)7-13-27/h4-15,20H,16-19,21H2,1-3H3. The van der Waals surface area contributed by atoms with Gasteiger partial charge in [0, 0.05) is 50.0 Å². The van der Waals surface area contributed by atoms with E-state index in [1.54, 1.807) is 12.1 Å². The van der Waals surface area contributed by atoms with Crippen molar-refractivity contribution in [1.82, 2.24) is 14.4 Å². The Kier molecular flexibility index (Phi) is 7.14. The number of carbonyl (C=O) groups is 2. The zero-order valence-electron chi connectivity index (χ0n) is 22.1. The highest BCUT2D eigenvalue weighted by Gasteiger charge is 2.30. The van der Waals surface area contributed by atoms with Gasteiger partial charge in [-0.3, -0.25) is 9.59 Å². The molecule has 1 aliphatic heterocycles. The Labute approximate surface area is 223 Å². The maximum atomic E-state index is 14.1. The Morgan fingerprint density at radius 1 is 0.711 bits per heavy atom. The van der Waals surface area contributed by atoms with E-state index in [4.69, 9.17) is 0 Å². The Morgan fingerprint density at radius 2 is 1.24 bits per heavy atom. The third-order valence-electron chi connectivity index (χ3n) is 7.23. The van der Waals surface area contributed by atoms with E-state index < -0.39 is 0 Å². The maximum Gasteiger partial charge on any atom is 0.271 e. The van der Waals surface area contributed by atoms with Crippen LogP contribution >= 0.6 is 0 Å². The van der Waals surface area contributed by atoms with Gasteiger partial charge in [0.2, 0.25) is 0 Å². The van der Waals surface area contributed by atoms with Gasteiger partial charge in [-0.25, -0.2) is 4.39 Å². The van der Waals surface area contributed by atoms with Crippen molar-refractivity contribution in [2.24, 2.45) is 0 Å². The van der Waals surface area contributed by atoms with Crippen molar-refractivity contribution in [2.75, 3.05) is 26.2 Å². The van der Waals surface area contributed by atoms with E-state index in [1.807, 2.05) is 65.6 Å². The molecule has 1 aromatic heterocycles. The summed E-state index contributed by atoms with van der Waals surface area (Å²) in [7, 11) is 0. The van der Waals surface area contributed by atoms with Crippen molar-refractivity contribution < 1.29 is 14.0 Å². The van der Waals surface area contributed by atoms with Crippen molar-refractivity contribution >= 4 is 11.8 Å². The average Bonchev–Trinajstić information content (AvgIpc) is 3.25. The van der Waals surface area contributed by atoms with Crippen LogP contribution in [0.2, 0.25) is 0 Å². The fraction of sp³-hybridized carbons (Fsp3) is 0.250. The first-order valence-corrected chi connectivity index (χ1v) is 13.0. The fourth-order valence-electron chi connectivity index (χ4n) is 5.06. The molecule has 194 valence electrons. The smallest absolute Gasteiger partial charge is 0.271 e. The highest BCUT2D eigenvalue weighted by molar-refractivity contribution is 6.01. The summed E-state index contributed by atoms with van der Waals surface area (Å²) in [6.07, 6.45) is 2.00. The molecule has 0 atom stereocenters. The maximum absolute atomic E-state index is 14.1. The molecule has 1 saturated heterocycles. The van der Waals surface area contributed by atoms with E-state index in [1.165, 1.54) is 12.1 Å². The number of aromatic nitrogens is 1. The predicted molar refractivity (Wildman–Crippen MR) is 148 cm³/mol. The quantitative estimate of drug-likeness (QED) is 0.338. The van der Waals surface area contributed by atoms with E-state index >= 15 is 0 Å². The summed E-state index contributed by atoms with van der Waals surface area (Å²) >= 11 is 0. The molecule has 6 heteroatoms. The van der Waals surface area contributed by atoms with E-state index in [-0.39, 0.29) is 17.6 Å². The number of aryl methyl sites for hydroxylation is 3. The van der Waals surface area contributed by atoms with Crippen LogP contribution in [0.25, 0.3) is 11.1 Å². The number of nitrogens with zero attached hydrogens (tertiary/aromatic N) is 3. The minimum atomic E-state index is -0.285. The molecule has 0 N–H and O–H groups in total. The average molecular weight is 510 g/mol. The molecule has 2 heterocycles. The third-order valence-corrected chi connectivity index (χ3v) is 7.23. The third kappa shape index (κ3) is 5.25. The van der Waals surface area contributed by atoms with Crippen molar-refractivity contribution in [3.8, 4) is 11.1 Å². The molecule has 1 aliphatic rings. The Bertz CT molecular complexity index is 1450. The molecule has 38 heavy (non-hydrogen) atoms. The van der Waals surface area contributed by atoms with Crippen LogP contribution in [0.15, 0.2) is 79.0 Å². The molecule has 0 unspecified atom stereocenters. The second-order valence-electron chi connectivity index (χ2n) is 10.1. The van der Waals surface area contributed by atoms with Gasteiger partial charge >= 0.3 is 0 Å². The van der Waals surface area contributed by atoms with Crippen LogP contribution in [0.1, 0.15) is 43.1 Å². The molecule has 0 bridgehead atoms. The van der Waals surface area contributed by atoms with E-state index in [9.17, 15) is 14.0 Å². The molecule has 4 aromatic rings. The highest BCUT2D eigenvalue weighted by Crippen LogP contribution is 2.31. The summed E-state index contributed by atoms with van der Waals surface area (Å²) in [5, 5.41) is 0. The van der Waals surface area contributed by atoms with Crippen molar-refractivity contribution in [1.29, 1.82) is 0 Å². The van der Waals surface area contributed by atoms with E-state index in [0.717, 1.165) is 33.4 Å². The predicted octanol–water partition coefficient (Wildman–Crippen LogP) is 5.87. The summed E-state index contributed by atoms with van der Waals surface area (Å²) in [4.78, 5) is 30.7. The molecule has 0 radical (unpaired) electrons. The summed E-state index contributed by atoms with van der Waals surface area (Å²) in [6, 6.07) is 22.2. The highest BCUT2D eigenvalue weighted by atomic mass is 19.1. The van der Waals surface area contributed by atoms with Crippen molar-refractivity contribution in [2.45, 2.75) is 27.3 Å².